The summed E-state index contributed by atoms with van der Waals surface area (Å²) in [7, 11) is 0. The molecule has 3 heteroatoms. The number of hydrogen-bond donors (Lipinski definition) is 0. The van der Waals surface area contributed by atoms with Crippen LogP contribution < -0.4 is 0 Å². The summed E-state index contributed by atoms with van der Waals surface area (Å²) in [6, 6.07) is 71.4. The molecule has 3 aromatic heterocycles. The summed E-state index contributed by atoms with van der Waals surface area (Å²) in [5.41, 5.74) is 12.1. The van der Waals surface area contributed by atoms with Crippen molar-refractivity contribution in [3.63, 3.8) is 0 Å². The Morgan fingerprint density at radius 1 is 0.327 bits per heavy atom. The van der Waals surface area contributed by atoms with Crippen LogP contribution in [0.5, 0.6) is 0 Å². The van der Waals surface area contributed by atoms with Crippen molar-refractivity contribution in [1.82, 2.24) is 9.13 Å². The first-order valence-corrected chi connectivity index (χ1v) is 19.7. The summed E-state index contributed by atoms with van der Waals surface area (Å²) >= 11 is 1.90. The zero-order valence-corrected chi connectivity index (χ0v) is 30.6. The molecule has 0 unspecified atom stereocenters. The molecule has 0 saturated heterocycles. The first-order chi connectivity index (χ1) is 27.3. The second-order valence-corrected chi connectivity index (χ2v) is 15.6. The van der Waals surface area contributed by atoms with Crippen molar-refractivity contribution in [2.75, 3.05) is 0 Å². The van der Waals surface area contributed by atoms with E-state index in [9.17, 15) is 0 Å². The quantitative estimate of drug-likeness (QED) is 0.172. The molecule has 3 heterocycles. The van der Waals surface area contributed by atoms with Gasteiger partial charge < -0.3 is 9.13 Å². The minimum Gasteiger partial charge on any atom is -0.309 e. The number of fused-ring (bicyclic) bond motifs is 11. The second-order valence-electron chi connectivity index (χ2n) is 14.5. The number of hydrogen-bond acceptors (Lipinski definition) is 1. The fraction of sp³-hybridized carbons (Fsp3) is 0. The Bertz CT molecular complexity index is 3480. The van der Waals surface area contributed by atoms with E-state index >= 15 is 0 Å². The van der Waals surface area contributed by atoms with Crippen LogP contribution >= 0.6 is 11.3 Å². The zero-order valence-electron chi connectivity index (χ0n) is 29.8. The van der Waals surface area contributed by atoms with Gasteiger partial charge in [0.1, 0.15) is 0 Å². The Labute approximate surface area is 321 Å². The van der Waals surface area contributed by atoms with Gasteiger partial charge in [-0.1, -0.05) is 140 Å². The molecule has 0 amide bonds. The molecular formula is C52H32N2S. The van der Waals surface area contributed by atoms with E-state index in [-0.39, 0.29) is 0 Å². The molecule has 0 atom stereocenters. The van der Waals surface area contributed by atoms with Crippen molar-refractivity contribution in [2.45, 2.75) is 0 Å². The third kappa shape index (κ3) is 4.54. The number of aromatic nitrogens is 2. The van der Waals surface area contributed by atoms with Gasteiger partial charge in [0.2, 0.25) is 0 Å². The van der Waals surface area contributed by atoms with Crippen LogP contribution in [0.1, 0.15) is 0 Å². The summed E-state index contributed by atoms with van der Waals surface area (Å²) in [4.78, 5) is 0. The zero-order chi connectivity index (χ0) is 36.0. The van der Waals surface area contributed by atoms with Gasteiger partial charge in [-0.2, -0.15) is 0 Å². The second kappa shape index (κ2) is 11.8. The Morgan fingerprint density at radius 2 is 0.927 bits per heavy atom. The van der Waals surface area contributed by atoms with Crippen molar-refractivity contribution in [3.8, 4) is 33.6 Å². The van der Waals surface area contributed by atoms with Crippen LogP contribution in [-0.4, -0.2) is 9.13 Å². The summed E-state index contributed by atoms with van der Waals surface area (Å²) in [6.07, 6.45) is 0. The fourth-order valence-corrected chi connectivity index (χ4v) is 10.2. The lowest BCUT2D eigenvalue weighted by atomic mass is 10.0. The third-order valence-electron chi connectivity index (χ3n) is 11.5. The molecule has 12 rings (SSSR count). The Kier molecular flexibility index (Phi) is 6.54. The van der Waals surface area contributed by atoms with E-state index in [1.54, 1.807) is 0 Å². The van der Waals surface area contributed by atoms with Gasteiger partial charge in [-0.15, -0.1) is 11.3 Å². The predicted octanol–water partition coefficient (Wildman–Crippen LogP) is 14.7. The molecule has 0 aliphatic carbocycles. The molecule has 0 fully saturated rings. The van der Waals surface area contributed by atoms with Gasteiger partial charge in [0.15, 0.2) is 0 Å². The highest BCUT2D eigenvalue weighted by molar-refractivity contribution is 7.26. The number of benzene rings is 9. The van der Waals surface area contributed by atoms with Gasteiger partial charge in [0, 0.05) is 48.1 Å². The maximum absolute atomic E-state index is 2.50. The number of rotatable bonds is 4. The lowest BCUT2D eigenvalue weighted by Gasteiger charge is -2.12. The van der Waals surface area contributed by atoms with Crippen LogP contribution in [0, 0.1) is 0 Å². The lowest BCUT2D eigenvalue weighted by molar-refractivity contribution is 1.19. The fourth-order valence-electron chi connectivity index (χ4n) is 9.00. The van der Waals surface area contributed by atoms with E-state index in [0.717, 1.165) is 0 Å². The largest absolute Gasteiger partial charge is 0.309 e. The smallest absolute Gasteiger partial charge is 0.0719 e. The van der Waals surface area contributed by atoms with E-state index in [0.29, 0.717) is 0 Å². The van der Waals surface area contributed by atoms with E-state index in [1.807, 2.05) is 11.3 Å². The number of para-hydroxylation sites is 1. The Balaban J connectivity index is 1.10. The van der Waals surface area contributed by atoms with Crippen LogP contribution in [0.2, 0.25) is 0 Å². The molecule has 0 spiro atoms. The molecule has 0 radical (unpaired) electrons. The minimum absolute atomic E-state index is 1.17. The SMILES string of the molecule is c1ccc(-c2cccc(-n3c4ccc(-c5ccc6c(c5)c5ccccc5n6-c5cccc6ccccc56)cc4c4ccc5c6ccccc6sc5c43)c2)cc1. The maximum Gasteiger partial charge on any atom is 0.0719 e. The monoisotopic (exact) mass is 716 g/mol. The molecular weight excluding hydrogens is 685 g/mol. The van der Waals surface area contributed by atoms with Crippen LogP contribution in [0.15, 0.2) is 194 Å². The predicted molar refractivity (Wildman–Crippen MR) is 236 cm³/mol. The molecule has 2 nitrogen and oxygen atoms in total. The molecule has 0 N–H and O–H groups in total. The standard InChI is InChI=1S/C52H32N2S/c1-2-12-33(13-3-1)35-16-10-17-38(30-35)53-48-28-24-37(32-45(48)42-26-27-43-41-20-7-9-23-50(41)55-52(43)51(42)53)36-25-29-49-44(31-36)40-19-6-8-21-47(40)54(49)46-22-11-15-34-14-4-5-18-39(34)46/h1-32H. The molecule has 0 saturated carbocycles. The van der Waals surface area contributed by atoms with Crippen LogP contribution in [0.25, 0.3) is 108 Å². The molecule has 0 aliphatic rings. The van der Waals surface area contributed by atoms with Crippen LogP contribution in [-0.2, 0) is 0 Å². The minimum atomic E-state index is 1.17. The highest BCUT2D eigenvalue weighted by Crippen LogP contribution is 2.44. The summed E-state index contributed by atoms with van der Waals surface area (Å²) in [6.45, 7) is 0. The van der Waals surface area contributed by atoms with Gasteiger partial charge in [-0.3, -0.25) is 0 Å². The Hall–Kier alpha value is -6.94. The topological polar surface area (TPSA) is 9.86 Å². The van der Waals surface area contributed by atoms with E-state index < -0.39 is 0 Å². The first-order valence-electron chi connectivity index (χ1n) is 18.8. The summed E-state index contributed by atoms with van der Waals surface area (Å²) < 4.78 is 7.58. The lowest BCUT2D eigenvalue weighted by Crippen LogP contribution is -1.95. The highest BCUT2D eigenvalue weighted by atomic mass is 32.1. The average molecular weight is 717 g/mol. The molecule has 55 heavy (non-hydrogen) atoms. The Morgan fingerprint density at radius 3 is 1.78 bits per heavy atom. The first kappa shape index (κ1) is 30.5. The van der Waals surface area contributed by atoms with E-state index in [1.165, 1.54) is 108 Å². The van der Waals surface area contributed by atoms with Crippen molar-refractivity contribution in [2.24, 2.45) is 0 Å². The number of thiophene rings is 1. The normalized spacial score (nSPS) is 12.0. The molecule has 12 aromatic rings. The summed E-state index contributed by atoms with van der Waals surface area (Å²) in [5.74, 6) is 0. The van der Waals surface area contributed by atoms with Crippen LogP contribution in [0.4, 0.5) is 0 Å². The van der Waals surface area contributed by atoms with Gasteiger partial charge in [-0.25, -0.2) is 0 Å². The molecule has 0 aliphatic heterocycles. The highest BCUT2D eigenvalue weighted by Gasteiger charge is 2.20. The molecule has 0 bridgehead atoms. The van der Waals surface area contributed by atoms with Crippen molar-refractivity contribution in [3.05, 3.63) is 194 Å². The van der Waals surface area contributed by atoms with Gasteiger partial charge >= 0.3 is 0 Å². The van der Waals surface area contributed by atoms with Crippen molar-refractivity contribution < 1.29 is 0 Å². The van der Waals surface area contributed by atoms with E-state index in [2.05, 4.69) is 203 Å². The maximum atomic E-state index is 2.50. The van der Waals surface area contributed by atoms with Gasteiger partial charge in [-0.05, 0) is 82.2 Å². The van der Waals surface area contributed by atoms with Crippen molar-refractivity contribution in [1.29, 1.82) is 0 Å². The number of nitrogens with zero attached hydrogens (tertiary/aromatic N) is 2. The van der Waals surface area contributed by atoms with E-state index in [4.69, 9.17) is 0 Å². The molecule has 9 aromatic carbocycles. The summed E-state index contributed by atoms with van der Waals surface area (Å²) in [5, 5.41) is 10.2. The third-order valence-corrected chi connectivity index (χ3v) is 12.7. The average Bonchev–Trinajstić information content (AvgIpc) is 3.91. The van der Waals surface area contributed by atoms with Crippen molar-refractivity contribution >= 4 is 85.9 Å². The molecule has 256 valence electrons. The van der Waals surface area contributed by atoms with Crippen LogP contribution in [0.3, 0.4) is 0 Å². The van der Waals surface area contributed by atoms with Gasteiger partial charge in [0.25, 0.3) is 0 Å². The van der Waals surface area contributed by atoms with Gasteiger partial charge in [0.05, 0.1) is 32.5 Å².